The molecule has 148 valence electrons. The monoisotopic (exact) mass is 438 g/mol. The van der Waals surface area contributed by atoms with Crippen molar-refractivity contribution in [2.75, 3.05) is 7.11 Å². The minimum absolute atomic E-state index is 0. The molecule has 1 aromatic heterocycles. The minimum atomic E-state index is 0. The van der Waals surface area contributed by atoms with Gasteiger partial charge in [0.05, 0.1) is 12.8 Å². The summed E-state index contributed by atoms with van der Waals surface area (Å²) in [7, 11) is 1.62. The molecular weight excluding hydrogens is 419 g/mol. The molecule has 0 atom stereocenters. The number of methoxy groups -OCH3 is 1. The zero-order valence-corrected chi connectivity index (χ0v) is 17.7. The fraction of sp³-hybridized carbons (Fsp3) is 0.190. The fourth-order valence-electron chi connectivity index (χ4n) is 2.60. The highest BCUT2D eigenvalue weighted by molar-refractivity contribution is 6.35. The second-order valence-corrected chi connectivity index (χ2v) is 6.71. The number of rotatable bonds is 8. The van der Waals surface area contributed by atoms with E-state index < -0.39 is 0 Å². The van der Waals surface area contributed by atoms with E-state index in [2.05, 4.69) is 10.3 Å². The van der Waals surface area contributed by atoms with Crippen LogP contribution in [0.4, 0.5) is 0 Å². The summed E-state index contributed by atoms with van der Waals surface area (Å²) in [6.07, 6.45) is 1.79. The molecule has 0 aliphatic rings. The molecule has 4 nitrogen and oxygen atoms in total. The molecule has 0 bridgehead atoms. The van der Waals surface area contributed by atoms with Gasteiger partial charge in [0.25, 0.3) is 0 Å². The molecule has 3 aromatic rings. The first kappa shape index (κ1) is 22.3. The van der Waals surface area contributed by atoms with Crippen LogP contribution in [0.1, 0.15) is 16.8 Å². The molecule has 0 fully saturated rings. The standard InChI is InChI=1S/C21H20Cl2N2O2.ClH/c1-26-21-11-15(12-24-13-16-5-2-3-10-25-16)8-9-20(21)27-14-17-18(22)6-4-7-19(17)23;/h2-11,24H,12-14H2,1H3;1H. The van der Waals surface area contributed by atoms with Crippen LogP contribution in [0.25, 0.3) is 0 Å². The van der Waals surface area contributed by atoms with Crippen molar-refractivity contribution >= 4 is 35.6 Å². The minimum Gasteiger partial charge on any atom is -0.493 e. The molecule has 0 saturated heterocycles. The summed E-state index contributed by atoms with van der Waals surface area (Å²) in [6, 6.07) is 17.1. The van der Waals surface area contributed by atoms with E-state index in [4.69, 9.17) is 32.7 Å². The SMILES string of the molecule is COc1cc(CNCc2ccccn2)ccc1OCc1c(Cl)cccc1Cl.Cl. The third kappa shape index (κ3) is 6.01. The van der Waals surface area contributed by atoms with Gasteiger partial charge in [-0.1, -0.05) is 41.4 Å². The Kier molecular flexibility index (Phi) is 8.87. The van der Waals surface area contributed by atoms with E-state index >= 15 is 0 Å². The molecule has 0 unspecified atom stereocenters. The first-order chi connectivity index (χ1) is 13.2. The first-order valence-corrected chi connectivity index (χ1v) is 9.26. The molecule has 0 saturated carbocycles. The van der Waals surface area contributed by atoms with E-state index in [1.165, 1.54) is 0 Å². The average Bonchev–Trinajstić information content (AvgIpc) is 2.69. The Labute approximate surface area is 181 Å². The second kappa shape index (κ2) is 11.1. The predicted molar refractivity (Wildman–Crippen MR) is 116 cm³/mol. The van der Waals surface area contributed by atoms with E-state index in [-0.39, 0.29) is 19.0 Å². The molecule has 0 aliphatic carbocycles. The van der Waals surface area contributed by atoms with Gasteiger partial charge in [0.15, 0.2) is 11.5 Å². The lowest BCUT2D eigenvalue weighted by Crippen LogP contribution is -2.13. The van der Waals surface area contributed by atoms with Crippen LogP contribution in [0.15, 0.2) is 60.8 Å². The van der Waals surface area contributed by atoms with E-state index in [0.717, 1.165) is 16.8 Å². The Morgan fingerprint density at radius 2 is 1.71 bits per heavy atom. The Hall–Kier alpha value is -1.98. The molecule has 0 spiro atoms. The van der Waals surface area contributed by atoms with Crippen LogP contribution in [-0.2, 0) is 19.7 Å². The van der Waals surface area contributed by atoms with Crippen molar-refractivity contribution in [1.29, 1.82) is 0 Å². The molecule has 1 heterocycles. The number of pyridine rings is 1. The Balaban J connectivity index is 0.00000280. The number of halogens is 3. The van der Waals surface area contributed by atoms with Crippen molar-refractivity contribution in [2.45, 2.75) is 19.7 Å². The van der Waals surface area contributed by atoms with E-state index in [1.807, 2.05) is 42.5 Å². The van der Waals surface area contributed by atoms with Crippen molar-refractivity contribution in [3.05, 3.63) is 87.7 Å². The molecule has 0 aliphatic heterocycles. The number of hydrogen-bond donors (Lipinski definition) is 1. The number of hydrogen-bond acceptors (Lipinski definition) is 4. The van der Waals surface area contributed by atoms with Crippen LogP contribution in [0, 0.1) is 0 Å². The first-order valence-electron chi connectivity index (χ1n) is 8.50. The summed E-state index contributed by atoms with van der Waals surface area (Å²) in [5.41, 5.74) is 2.84. The number of aromatic nitrogens is 1. The Morgan fingerprint density at radius 1 is 0.929 bits per heavy atom. The van der Waals surface area contributed by atoms with Crippen LogP contribution in [0.5, 0.6) is 11.5 Å². The van der Waals surface area contributed by atoms with E-state index in [0.29, 0.717) is 34.6 Å². The van der Waals surface area contributed by atoms with Gasteiger partial charge < -0.3 is 14.8 Å². The summed E-state index contributed by atoms with van der Waals surface area (Å²) >= 11 is 12.4. The van der Waals surface area contributed by atoms with Crippen molar-refractivity contribution in [1.82, 2.24) is 10.3 Å². The summed E-state index contributed by atoms with van der Waals surface area (Å²) < 4.78 is 11.3. The van der Waals surface area contributed by atoms with E-state index in [1.54, 1.807) is 25.4 Å². The number of nitrogens with one attached hydrogen (secondary N) is 1. The lowest BCUT2D eigenvalue weighted by molar-refractivity contribution is 0.284. The molecule has 0 radical (unpaired) electrons. The summed E-state index contributed by atoms with van der Waals surface area (Å²) in [6.45, 7) is 1.67. The summed E-state index contributed by atoms with van der Waals surface area (Å²) in [4.78, 5) is 4.30. The van der Waals surface area contributed by atoms with Crippen LogP contribution in [-0.4, -0.2) is 12.1 Å². The van der Waals surface area contributed by atoms with Gasteiger partial charge in [-0.15, -0.1) is 12.4 Å². The zero-order chi connectivity index (χ0) is 19.1. The highest BCUT2D eigenvalue weighted by atomic mass is 35.5. The van der Waals surface area contributed by atoms with Gasteiger partial charge in [0.1, 0.15) is 6.61 Å². The van der Waals surface area contributed by atoms with Crippen molar-refractivity contribution in [2.24, 2.45) is 0 Å². The van der Waals surface area contributed by atoms with Crippen LogP contribution < -0.4 is 14.8 Å². The lowest BCUT2D eigenvalue weighted by atomic mass is 10.2. The second-order valence-electron chi connectivity index (χ2n) is 5.90. The molecule has 28 heavy (non-hydrogen) atoms. The molecule has 1 N–H and O–H groups in total. The van der Waals surface area contributed by atoms with Gasteiger partial charge in [0.2, 0.25) is 0 Å². The van der Waals surface area contributed by atoms with Gasteiger partial charge in [-0.2, -0.15) is 0 Å². The third-order valence-corrected chi connectivity index (χ3v) is 4.73. The van der Waals surface area contributed by atoms with Crippen LogP contribution in [0.3, 0.4) is 0 Å². The maximum atomic E-state index is 6.19. The third-order valence-electron chi connectivity index (χ3n) is 4.02. The molecule has 2 aromatic carbocycles. The van der Waals surface area contributed by atoms with Gasteiger partial charge in [-0.05, 0) is 42.0 Å². The van der Waals surface area contributed by atoms with Crippen molar-refractivity contribution in [3.8, 4) is 11.5 Å². The van der Waals surface area contributed by atoms with E-state index in [9.17, 15) is 0 Å². The summed E-state index contributed by atoms with van der Waals surface area (Å²) in [5, 5.41) is 4.53. The Bertz CT molecular complexity index is 872. The number of nitrogens with zero attached hydrogens (tertiary/aromatic N) is 1. The van der Waals surface area contributed by atoms with Crippen molar-refractivity contribution in [3.63, 3.8) is 0 Å². The van der Waals surface area contributed by atoms with Crippen LogP contribution in [0.2, 0.25) is 10.0 Å². The maximum absolute atomic E-state index is 6.19. The quantitative estimate of drug-likeness (QED) is 0.490. The van der Waals surface area contributed by atoms with Crippen molar-refractivity contribution < 1.29 is 9.47 Å². The Morgan fingerprint density at radius 3 is 2.39 bits per heavy atom. The van der Waals surface area contributed by atoms with Gasteiger partial charge in [0, 0.05) is 34.9 Å². The molecular formula is C21H21Cl3N2O2. The average molecular weight is 440 g/mol. The molecule has 3 rings (SSSR count). The fourth-order valence-corrected chi connectivity index (χ4v) is 3.11. The normalized spacial score (nSPS) is 10.2. The smallest absolute Gasteiger partial charge is 0.161 e. The largest absolute Gasteiger partial charge is 0.493 e. The molecule has 0 amide bonds. The predicted octanol–water partition coefficient (Wildman–Crippen LogP) is 5.69. The highest BCUT2D eigenvalue weighted by Gasteiger charge is 2.10. The van der Waals surface area contributed by atoms with Gasteiger partial charge in [-0.25, -0.2) is 0 Å². The number of benzene rings is 2. The highest BCUT2D eigenvalue weighted by Crippen LogP contribution is 2.31. The summed E-state index contributed by atoms with van der Waals surface area (Å²) in [5.74, 6) is 1.30. The van der Waals surface area contributed by atoms with Gasteiger partial charge >= 0.3 is 0 Å². The maximum Gasteiger partial charge on any atom is 0.161 e. The topological polar surface area (TPSA) is 43.4 Å². The number of ether oxygens (including phenoxy) is 2. The lowest BCUT2D eigenvalue weighted by Gasteiger charge is -2.14. The van der Waals surface area contributed by atoms with Crippen LogP contribution >= 0.6 is 35.6 Å². The zero-order valence-electron chi connectivity index (χ0n) is 15.3. The van der Waals surface area contributed by atoms with Gasteiger partial charge in [-0.3, -0.25) is 4.98 Å². The molecule has 7 heteroatoms.